The number of alkyl halides is 3. The highest BCUT2D eigenvalue weighted by Gasteiger charge is 2.34. The topological polar surface area (TPSA) is 41.1 Å². The van der Waals surface area contributed by atoms with Crippen LogP contribution in [0.25, 0.3) is 6.08 Å². The molecule has 2 aromatic carbocycles. The lowest BCUT2D eigenvalue weighted by Crippen LogP contribution is -2.25. The fourth-order valence-electron chi connectivity index (χ4n) is 1.81. The van der Waals surface area contributed by atoms with E-state index in [1.807, 2.05) is 12.1 Å². The molecule has 0 heterocycles. The maximum Gasteiger partial charge on any atom is 0.418 e. The Kier molecular flexibility index (Phi) is 5.90. The van der Waals surface area contributed by atoms with E-state index in [0.717, 1.165) is 22.2 Å². The lowest BCUT2D eigenvalue weighted by Gasteiger charge is -2.13. The maximum atomic E-state index is 12.9. The summed E-state index contributed by atoms with van der Waals surface area (Å²) in [6.07, 6.45) is -1.68. The lowest BCUT2D eigenvalue weighted by atomic mass is 10.1. The van der Waals surface area contributed by atoms with Crippen LogP contribution in [0.2, 0.25) is 5.02 Å². The molecule has 2 rings (SSSR count). The van der Waals surface area contributed by atoms with Crippen LogP contribution < -0.4 is 10.6 Å². The number of carbonyl (C=O) groups excluding carboxylic acids is 1. The molecule has 2 aromatic rings. The van der Waals surface area contributed by atoms with Crippen LogP contribution in [0, 0.1) is 0 Å². The Bertz CT molecular complexity index is 761. The van der Waals surface area contributed by atoms with E-state index < -0.39 is 17.8 Å². The molecule has 0 spiro atoms. The Labute approximate surface area is 149 Å². The van der Waals surface area contributed by atoms with Crippen LogP contribution in [0.5, 0.6) is 0 Å². The third-order valence-electron chi connectivity index (χ3n) is 2.90. The summed E-state index contributed by atoms with van der Waals surface area (Å²) in [5.74, 6) is 0. The minimum Gasteiger partial charge on any atom is -0.314 e. The highest BCUT2D eigenvalue weighted by Crippen LogP contribution is 2.36. The number of rotatable bonds is 3. The molecule has 2 N–H and O–H groups in total. The van der Waals surface area contributed by atoms with Gasteiger partial charge in [-0.05, 0) is 42.0 Å². The summed E-state index contributed by atoms with van der Waals surface area (Å²) in [5.41, 5.74) is -0.565. The van der Waals surface area contributed by atoms with Crippen molar-refractivity contribution < 1.29 is 18.0 Å². The number of benzene rings is 2. The van der Waals surface area contributed by atoms with Crippen LogP contribution in [0.1, 0.15) is 11.1 Å². The Hall–Kier alpha value is -1.99. The van der Waals surface area contributed by atoms with Crippen LogP contribution in [-0.2, 0) is 6.18 Å². The van der Waals surface area contributed by atoms with Gasteiger partial charge in [0.25, 0.3) is 0 Å². The fraction of sp³-hybridized carbons (Fsp3) is 0.0625. The average Bonchev–Trinajstić information content (AvgIpc) is 2.50. The summed E-state index contributed by atoms with van der Waals surface area (Å²) >= 11 is 8.88. The first-order valence-electron chi connectivity index (χ1n) is 6.62. The van der Waals surface area contributed by atoms with Crippen LogP contribution in [0.4, 0.5) is 23.7 Å². The third kappa shape index (κ3) is 5.28. The Balaban J connectivity index is 2.04. The molecular formula is C16H11BrClF3N2O. The highest BCUT2D eigenvalue weighted by molar-refractivity contribution is 9.10. The van der Waals surface area contributed by atoms with Crippen molar-refractivity contribution in [3.8, 4) is 0 Å². The molecule has 0 saturated heterocycles. The van der Waals surface area contributed by atoms with E-state index in [-0.39, 0.29) is 10.7 Å². The van der Waals surface area contributed by atoms with Gasteiger partial charge in [0.05, 0.1) is 11.3 Å². The molecule has 0 bridgehead atoms. The quantitative estimate of drug-likeness (QED) is 0.637. The van der Waals surface area contributed by atoms with Crippen LogP contribution in [-0.4, -0.2) is 6.03 Å². The first-order valence-corrected chi connectivity index (χ1v) is 7.79. The van der Waals surface area contributed by atoms with Gasteiger partial charge in [0, 0.05) is 15.7 Å². The third-order valence-corrected chi connectivity index (χ3v) is 3.66. The molecule has 0 aliphatic rings. The Morgan fingerprint density at radius 1 is 1.12 bits per heavy atom. The molecule has 0 fully saturated rings. The van der Waals surface area contributed by atoms with E-state index in [9.17, 15) is 18.0 Å². The van der Waals surface area contributed by atoms with Gasteiger partial charge in [-0.25, -0.2) is 4.79 Å². The van der Waals surface area contributed by atoms with Gasteiger partial charge < -0.3 is 10.6 Å². The molecule has 3 nitrogen and oxygen atoms in total. The highest BCUT2D eigenvalue weighted by atomic mass is 79.9. The van der Waals surface area contributed by atoms with Crippen molar-refractivity contribution in [2.24, 2.45) is 0 Å². The summed E-state index contributed by atoms with van der Waals surface area (Å²) in [7, 11) is 0. The van der Waals surface area contributed by atoms with E-state index in [4.69, 9.17) is 11.6 Å². The summed E-state index contributed by atoms with van der Waals surface area (Å²) < 4.78 is 39.7. The predicted octanol–water partition coefficient (Wildman–Crippen LogP) is 5.91. The molecule has 0 unspecified atom stereocenters. The van der Waals surface area contributed by atoms with Crippen LogP contribution in [0.3, 0.4) is 0 Å². The SMILES string of the molecule is O=C(N/C=C/c1ccc(Br)cc1)Nc1ccc(Cl)cc1C(F)(F)F. The van der Waals surface area contributed by atoms with Gasteiger partial charge in [-0.3, -0.25) is 0 Å². The molecule has 8 heteroatoms. The first kappa shape index (κ1) is 18.4. The standard InChI is InChI=1S/C16H11BrClF3N2O/c17-11-3-1-10(2-4-11)7-8-22-15(24)23-14-6-5-12(18)9-13(14)16(19,20)21/h1-9H,(H2,22,23,24)/b8-7+. The van der Waals surface area contributed by atoms with Crippen molar-refractivity contribution in [3.63, 3.8) is 0 Å². The predicted molar refractivity (Wildman–Crippen MR) is 91.8 cm³/mol. The van der Waals surface area contributed by atoms with Crippen molar-refractivity contribution >= 4 is 45.3 Å². The smallest absolute Gasteiger partial charge is 0.314 e. The zero-order valence-electron chi connectivity index (χ0n) is 12.0. The second-order valence-electron chi connectivity index (χ2n) is 4.67. The van der Waals surface area contributed by atoms with E-state index in [0.29, 0.717) is 0 Å². The van der Waals surface area contributed by atoms with Gasteiger partial charge in [-0.1, -0.05) is 39.7 Å². The molecule has 0 aliphatic heterocycles. The average molecular weight is 420 g/mol. The number of amides is 2. The molecule has 0 aromatic heterocycles. The number of hydrogen-bond acceptors (Lipinski definition) is 1. The van der Waals surface area contributed by atoms with Crippen LogP contribution >= 0.6 is 27.5 Å². The molecule has 2 amide bonds. The van der Waals surface area contributed by atoms with E-state index >= 15 is 0 Å². The van der Waals surface area contributed by atoms with Gasteiger partial charge in [0.15, 0.2) is 0 Å². The molecular weight excluding hydrogens is 409 g/mol. The van der Waals surface area contributed by atoms with Crippen LogP contribution in [0.15, 0.2) is 53.1 Å². The molecule has 0 saturated carbocycles. The minimum absolute atomic E-state index is 0.0663. The largest absolute Gasteiger partial charge is 0.418 e. The van der Waals surface area contributed by atoms with Gasteiger partial charge in [0.2, 0.25) is 0 Å². The molecule has 0 radical (unpaired) electrons. The minimum atomic E-state index is -4.62. The summed E-state index contributed by atoms with van der Waals surface area (Å²) in [6, 6.07) is 9.59. The molecule has 0 aliphatic carbocycles. The normalized spacial score (nSPS) is 11.5. The van der Waals surface area contributed by atoms with Crippen molar-refractivity contribution in [2.75, 3.05) is 5.32 Å². The van der Waals surface area contributed by atoms with Gasteiger partial charge in [-0.15, -0.1) is 0 Å². The zero-order chi connectivity index (χ0) is 17.7. The Morgan fingerprint density at radius 2 is 1.79 bits per heavy atom. The van der Waals surface area contributed by atoms with E-state index in [1.54, 1.807) is 18.2 Å². The fourth-order valence-corrected chi connectivity index (χ4v) is 2.24. The van der Waals surface area contributed by atoms with Crippen molar-refractivity contribution in [3.05, 3.63) is 69.3 Å². The maximum absolute atomic E-state index is 12.9. The van der Waals surface area contributed by atoms with E-state index in [1.165, 1.54) is 12.3 Å². The summed E-state index contributed by atoms with van der Waals surface area (Å²) in [5, 5.41) is 4.43. The number of urea groups is 1. The second-order valence-corrected chi connectivity index (χ2v) is 6.02. The van der Waals surface area contributed by atoms with Gasteiger partial charge in [0.1, 0.15) is 0 Å². The van der Waals surface area contributed by atoms with Crippen molar-refractivity contribution in [1.82, 2.24) is 5.32 Å². The van der Waals surface area contributed by atoms with E-state index in [2.05, 4.69) is 26.6 Å². The monoisotopic (exact) mass is 418 g/mol. The first-order chi connectivity index (χ1) is 11.3. The number of nitrogens with one attached hydrogen (secondary N) is 2. The number of hydrogen-bond donors (Lipinski definition) is 2. The van der Waals surface area contributed by atoms with Gasteiger partial charge >= 0.3 is 12.2 Å². The molecule has 126 valence electrons. The second kappa shape index (κ2) is 7.72. The Morgan fingerprint density at radius 3 is 2.42 bits per heavy atom. The summed E-state index contributed by atoms with van der Waals surface area (Å²) in [4.78, 5) is 11.7. The number of halogens is 5. The molecule has 0 atom stereocenters. The zero-order valence-corrected chi connectivity index (χ0v) is 14.3. The van der Waals surface area contributed by atoms with Crippen molar-refractivity contribution in [1.29, 1.82) is 0 Å². The lowest BCUT2D eigenvalue weighted by molar-refractivity contribution is -0.136. The number of carbonyl (C=O) groups is 1. The summed E-state index contributed by atoms with van der Waals surface area (Å²) in [6.45, 7) is 0. The van der Waals surface area contributed by atoms with Crippen molar-refractivity contribution in [2.45, 2.75) is 6.18 Å². The number of anilines is 1. The molecule has 24 heavy (non-hydrogen) atoms. The van der Waals surface area contributed by atoms with Gasteiger partial charge in [-0.2, -0.15) is 13.2 Å².